The zero-order valence-corrected chi connectivity index (χ0v) is 27.3. The van der Waals surface area contributed by atoms with Crippen LogP contribution in [0.3, 0.4) is 0 Å². The fourth-order valence-corrected chi connectivity index (χ4v) is 9.62. The largest absolute Gasteiger partial charge is 0.464 e. The Kier molecular flexibility index (Phi) is 5.12. The van der Waals surface area contributed by atoms with Crippen molar-refractivity contribution < 1.29 is 13.3 Å². The molecule has 0 aliphatic heterocycles. The predicted octanol–water partition coefficient (Wildman–Crippen LogP) is 14.2. The summed E-state index contributed by atoms with van der Waals surface area (Å²) in [7, 11) is 0. The van der Waals surface area contributed by atoms with Crippen LogP contribution < -0.4 is 0 Å². The summed E-state index contributed by atoms with van der Waals surface area (Å²) in [5.74, 6) is 0. The van der Waals surface area contributed by atoms with Crippen LogP contribution in [0.2, 0.25) is 0 Å². The van der Waals surface area contributed by atoms with E-state index in [4.69, 9.17) is 13.3 Å². The van der Waals surface area contributed by atoms with Crippen molar-refractivity contribution in [1.82, 2.24) is 0 Å². The number of rotatable bonds is 2. The molecule has 4 aromatic heterocycles. The molecule has 12 aromatic rings. The van der Waals surface area contributed by atoms with Gasteiger partial charge in [-0.3, -0.25) is 0 Å². The van der Waals surface area contributed by atoms with Crippen LogP contribution in [0.15, 0.2) is 159 Å². The van der Waals surface area contributed by atoms with Crippen LogP contribution in [-0.4, -0.2) is 0 Å². The first-order chi connectivity index (χ1) is 24.8. The second-order valence-electron chi connectivity index (χ2n) is 13.1. The van der Waals surface area contributed by atoms with Crippen molar-refractivity contribution >= 4 is 108 Å². The van der Waals surface area contributed by atoms with E-state index in [1.165, 1.54) is 52.8 Å². The molecular formula is C46H24O3S. The van der Waals surface area contributed by atoms with Gasteiger partial charge in [0.15, 0.2) is 0 Å². The maximum absolute atomic E-state index is 6.50. The van der Waals surface area contributed by atoms with E-state index in [1.807, 2.05) is 29.7 Å². The number of furan rings is 3. The van der Waals surface area contributed by atoms with Crippen molar-refractivity contribution in [3.8, 4) is 22.3 Å². The maximum atomic E-state index is 6.50. The summed E-state index contributed by atoms with van der Waals surface area (Å²) < 4.78 is 21.8. The molecule has 0 saturated heterocycles. The minimum absolute atomic E-state index is 0.826. The molecule has 0 aliphatic carbocycles. The lowest BCUT2D eigenvalue weighted by atomic mass is 9.84. The van der Waals surface area contributed by atoms with Gasteiger partial charge >= 0.3 is 0 Å². The minimum Gasteiger partial charge on any atom is -0.464 e. The van der Waals surface area contributed by atoms with Gasteiger partial charge in [0, 0.05) is 52.8 Å². The highest BCUT2D eigenvalue weighted by atomic mass is 32.1. The van der Waals surface area contributed by atoms with Crippen LogP contribution in [0, 0.1) is 0 Å². The van der Waals surface area contributed by atoms with Crippen molar-refractivity contribution in [2.45, 2.75) is 0 Å². The Bertz CT molecular complexity index is 3330. The third-order valence-electron chi connectivity index (χ3n) is 10.5. The minimum atomic E-state index is 0.826. The van der Waals surface area contributed by atoms with Gasteiger partial charge in [0.05, 0.1) is 11.6 Å². The summed E-state index contributed by atoms with van der Waals surface area (Å²) in [6.45, 7) is 0. The normalized spacial score (nSPS) is 12.4. The van der Waals surface area contributed by atoms with E-state index in [-0.39, 0.29) is 0 Å². The lowest BCUT2D eigenvalue weighted by Gasteiger charge is -2.18. The van der Waals surface area contributed by atoms with Crippen molar-refractivity contribution in [2.24, 2.45) is 0 Å². The first-order valence-corrected chi connectivity index (χ1v) is 17.6. The SMILES string of the molecule is c1ccc2c(c1)oc1c2ccc2oc3ccc(-c4c5ccccc5c(-c5c6occc6cc6sc7ccccc7c56)c5ccccc45)cc3c21. The molecule has 4 heteroatoms. The second kappa shape index (κ2) is 9.63. The molecule has 232 valence electrons. The molecule has 50 heavy (non-hydrogen) atoms. The Morgan fingerprint density at radius 3 is 1.84 bits per heavy atom. The van der Waals surface area contributed by atoms with Crippen LogP contribution in [0.4, 0.5) is 0 Å². The number of para-hydroxylation sites is 1. The average Bonchev–Trinajstić information content (AvgIpc) is 3.95. The maximum Gasteiger partial charge on any atom is 0.147 e. The van der Waals surface area contributed by atoms with E-state index in [0.717, 1.165) is 66.0 Å². The Morgan fingerprint density at radius 2 is 1.04 bits per heavy atom. The van der Waals surface area contributed by atoms with Gasteiger partial charge in [0.25, 0.3) is 0 Å². The summed E-state index contributed by atoms with van der Waals surface area (Å²) >= 11 is 1.85. The Morgan fingerprint density at radius 1 is 0.380 bits per heavy atom. The molecule has 0 unspecified atom stereocenters. The highest BCUT2D eigenvalue weighted by molar-refractivity contribution is 7.26. The summed E-state index contributed by atoms with van der Waals surface area (Å²) in [5, 5.41) is 12.7. The molecule has 0 N–H and O–H groups in total. The van der Waals surface area contributed by atoms with Gasteiger partial charge in [-0.25, -0.2) is 0 Å². The number of fused-ring (bicyclic) bond motifs is 13. The molecule has 12 rings (SSSR count). The third-order valence-corrected chi connectivity index (χ3v) is 11.6. The Hall–Kier alpha value is -6.36. The molecular weight excluding hydrogens is 633 g/mol. The number of hydrogen-bond donors (Lipinski definition) is 0. The summed E-state index contributed by atoms with van der Waals surface area (Å²) in [6.07, 6.45) is 1.82. The third kappa shape index (κ3) is 3.43. The van der Waals surface area contributed by atoms with Crippen LogP contribution in [-0.2, 0) is 0 Å². The molecule has 0 saturated carbocycles. The first kappa shape index (κ1) is 26.6. The van der Waals surface area contributed by atoms with Crippen molar-refractivity contribution in [3.63, 3.8) is 0 Å². The van der Waals surface area contributed by atoms with Gasteiger partial charge in [0.2, 0.25) is 0 Å². The van der Waals surface area contributed by atoms with Gasteiger partial charge in [-0.1, -0.05) is 91.0 Å². The fraction of sp³-hybridized carbons (Fsp3) is 0. The molecule has 8 aromatic carbocycles. The van der Waals surface area contributed by atoms with E-state index >= 15 is 0 Å². The van der Waals surface area contributed by atoms with Gasteiger partial charge in [0.1, 0.15) is 27.9 Å². The van der Waals surface area contributed by atoms with E-state index in [2.05, 4.69) is 127 Å². The zero-order chi connectivity index (χ0) is 32.5. The molecule has 4 heterocycles. The van der Waals surface area contributed by atoms with E-state index < -0.39 is 0 Å². The number of thiophene rings is 1. The number of hydrogen-bond acceptors (Lipinski definition) is 4. The first-order valence-electron chi connectivity index (χ1n) is 16.8. The zero-order valence-electron chi connectivity index (χ0n) is 26.5. The summed E-state index contributed by atoms with van der Waals surface area (Å²) in [4.78, 5) is 0. The smallest absolute Gasteiger partial charge is 0.147 e. The van der Waals surface area contributed by atoms with E-state index in [9.17, 15) is 0 Å². The van der Waals surface area contributed by atoms with Gasteiger partial charge in [-0.15, -0.1) is 11.3 Å². The molecule has 0 atom stereocenters. The van der Waals surface area contributed by atoms with Crippen LogP contribution in [0.1, 0.15) is 0 Å². The quantitative estimate of drug-likeness (QED) is 0.174. The molecule has 0 bridgehead atoms. The van der Waals surface area contributed by atoms with Gasteiger partial charge in [-0.2, -0.15) is 0 Å². The highest BCUT2D eigenvalue weighted by Crippen LogP contribution is 2.51. The van der Waals surface area contributed by atoms with Crippen molar-refractivity contribution in [3.05, 3.63) is 146 Å². The molecule has 0 spiro atoms. The van der Waals surface area contributed by atoms with E-state index in [0.29, 0.717) is 0 Å². The van der Waals surface area contributed by atoms with Crippen LogP contribution in [0.25, 0.3) is 119 Å². The predicted molar refractivity (Wildman–Crippen MR) is 210 cm³/mol. The summed E-state index contributed by atoms with van der Waals surface area (Å²) in [5.41, 5.74) is 9.03. The molecule has 0 amide bonds. The van der Waals surface area contributed by atoms with Crippen molar-refractivity contribution in [2.75, 3.05) is 0 Å². The second-order valence-corrected chi connectivity index (χ2v) is 14.2. The lowest BCUT2D eigenvalue weighted by Crippen LogP contribution is -1.92. The molecule has 0 aliphatic rings. The number of benzene rings is 8. The van der Waals surface area contributed by atoms with Crippen molar-refractivity contribution in [1.29, 1.82) is 0 Å². The highest BCUT2D eigenvalue weighted by Gasteiger charge is 2.24. The van der Waals surface area contributed by atoms with Gasteiger partial charge in [-0.05, 0) is 81.2 Å². The molecule has 0 radical (unpaired) electrons. The Labute approximate surface area is 288 Å². The summed E-state index contributed by atoms with van der Waals surface area (Å²) in [6, 6.07) is 49.8. The topological polar surface area (TPSA) is 39.4 Å². The van der Waals surface area contributed by atoms with Gasteiger partial charge < -0.3 is 13.3 Å². The lowest BCUT2D eigenvalue weighted by molar-refractivity contribution is 0.617. The monoisotopic (exact) mass is 656 g/mol. The average molecular weight is 657 g/mol. The Balaban J connectivity index is 1.22. The van der Waals surface area contributed by atoms with Crippen LogP contribution >= 0.6 is 11.3 Å². The molecule has 0 fully saturated rings. The standard InChI is InChI=1S/C46H24O3S/c1-3-12-30-28(10-1)40(25-17-19-36-34(23-25)42-37(48-36)20-18-32-27-9-5-7-15-35(27)49-46(32)42)29-11-2-4-13-31(29)41(30)44-43-33-14-6-8-16-38(33)50-39(43)24-26-21-22-47-45(26)44/h1-24H. The fourth-order valence-electron chi connectivity index (χ4n) is 8.46. The van der Waals surface area contributed by atoms with Crippen LogP contribution in [0.5, 0.6) is 0 Å². The van der Waals surface area contributed by atoms with E-state index in [1.54, 1.807) is 0 Å². The molecule has 3 nitrogen and oxygen atoms in total.